The molecule has 2 aromatic rings. The second-order valence-corrected chi connectivity index (χ2v) is 5.48. The third-order valence-corrected chi connectivity index (χ3v) is 3.68. The summed E-state index contributed by atoms with van der Waals surface area (Å²) in [5.41, 5.74) is 1.18. The topological polar surface area (TPSA) is 26.3 Å². The van der Waals surface area contributed by atoms with Gasteiger partial charge in [-0.05, 0) is 39.7 Å². The van der Waals surface area contributed by atoms with Crippen molar-refractivity contribution in [3.05, 3.63) is 62.8 Å². The van der Waals surface area contributed by atoms with Crippen molar-refractivity contribution in [1.82, 2.24) is 0 Å². The predicted molar refractivity (Wildman–Crippen MR) is 80.1 cm³/mol. The molecule has 0 aliphatic heterocycles. The van der Waals surface area contributed by atoms with Crippen LogP contribution in [0.15, 0.2) is 40.9 Å². The Morgan fingerprint density at radius 3 is 2.55 bits per heavy atom. The van der Waals surface area contributed by atoms with E-state index in [0.29, 0.717) is 10.6 Å². The lowest BCUT2D eigenvalue weighted by Crippen LogP contribution is -2.06. The molecule has 0 aliphatic carbocycles. The molecule has 2 rings (SSSR count). The van der Waals surface area contributed by atoms with Crippen molar-refractivity contribution in [2.45, 2.75) is 6.42 Å². The average Bonchev–Trinajstić information content (AvgIpc) is 2.43. The van der Waals surface area contributed by atoms with Crippen LogP contribution in [-0.4, -0.2) is 12.9 Å². The van der Waals surface area contributed by atoms with Crippen LogP contribution in [0.25, 0.3) is 0 Å². The molecule has 0 fully saturated rings. The van der Waals surface area contributed by atoms with Crippen LogP contribution >= 0.6 is 27.5 Å². The van der Waals surface area contributed by atoms with Gasteiger partial charge in [-0.2, -0.15) is 0 Å². The first kappa shape index (κ1) is 15.0. The van der Waals surface area contributed by atoms with E-state index in [4.69, 9.17) is 16.3 Å². The molecular formula is C15H11BrClFO2. The number of benzene rings is 2. The molecule has 0 aromatic heterocycles. The number of halogens is 3. The Morgan fingerprint density at radius 2 is 1.95 bits per heavy atom. The van der Waals surface area contributed by atoms with Crippen LogP contribution in [0, 0.1) is 5.82 Å². The van der Waals surface area contributed by atoms with Crippen LogP contribution in [0.2, 0.25) is 5.02 Å². The van der Waals surface area contributed by atoms with Gasteiger partial charge in [-0.25, -0.2) is 4.39 Å². The average molecular weight is 358 g/mol. The fraction of sp³-hybridized carbons (Fsp3) is 0.133. The van der Waals surface area contributed by atoms with Crippen molar-refractivity contribution in [3.8, 4) is 5.75 Å². The fourth-order valence-electron chi connectivity index (χ4n) is 1.80. The Kier molecular flexibility index (Phi) is 4.78. The monoisotopic (exact) mass is 356 g/mol. The summed E-state index contributed by atoms with van der Waals surface area (Å²) < 4.78 is 18.7. The number of hydrogen-bond donors (Lipinski definition) is 0. The van der Waals surface area contributed by atoms with Crippen molar-refractivity contribution < 1.29 is 13.9 Å². The molecule has 2 aromatic carbocycles. The molecule has 0 N–H and O–H groups in total. The second kappa shape index (κ2) is 6.37. The maximum Gasteiger partial charge on any atom is 0.170 e. The highest BCUT2D eigenvalue weighted by atomic mass is 79.9. The lowest BCUT2D eigenvalue weighted by molar-refractivity contribution is 0.0990. The zero-order valence-corrected chi connectivity index (χ0v) is 13.0. The largest absolute Gasteiger partial charge is 0.496 e. The summed E-state index contributed by atoms with van der Waals surface area (Å²) in [6.45, 7) is 0. The lowest BCUT2D eigenvalue weighted by Gasteiger charge is -2.09. The van der Waals surface area contributed by atoms with E-state index < -0.39 is 5.82 Å². The van der Waals surface area contributed by atoms with Gasteiger partial charge in [-0.3, -0.25) is 4.79 Å². The number of hydrogen-bond acceptors (Lipinski definition) is 2. The first-order valence-electron chi connectivity index (χ1n) is 5.82. The highest BCUT2D eigenvalue weighted by Gasteiger charge is 2.16. The number of methoxy groups -OCH3 is 1. The highest BCUT2D eigenvalue weighted by molar-refractivity contribution is 9.10. The van der Waals surface area contributed by atoms with Gasteiger partial charge in [-0.1, -0.05) is 23.7 Å². The van der Waals surface area contributed by atoms with Crippen LogP contribution in [0.4, 0.5) is 4.39 Å². The zero-order valence-electron chi connectivity index (χ0n) is 10.6. The summed E-state index contributed by atoms with van der Waals surface area (Å²) in [5, 5.41) is 0.614. The molecule has 0 atom stereocenters. The number of ketones is 1. The first-order valence-corrected chi connectivity index (χ1v) is 6.99. The molecule has 0 unspecified atom stereocenters. The smallest absolute Gasteiger partial charge is 0.170 e. The molecule has 104 valence electrons. The third kappa shape index (κ3) is 3.38. The highest BCUT2D eigenvalue weighted by Crippen LogP contribution is 2.27. The van der Waals surface area contributed by atoms with Gasteiger partial charge in [0.15, 0.2) is 5.78 Å². The standard InChI is InChI=1S/C15H11BrClFO2/c1-20-15-8-13(18)12(16)7-11(15)14(19)6-9-2-4-10(17)5-3-9/h2-5,7-8H,6H2,1H3. The minimum Gasteiger partial charge on any atom is -0.496 e. The second-order valence-electron chi connectivity index (χ2n) is 4.19. The summed E-state index contributed by atoms with van der Waals surface area (Å²) in [6, 6.07) is 9.64. The Bertz CT molecular complexity index is 641. The van der Waals surface area contributed by atoms with E-state index >= 15 is 0 Å². The molecule has 0 bridgehead atoms. The Morgan fingerprint density at radius 1 is 1.30 bits per heavy atom. The molecule has 2 nitrogen and oxygen atoms in total. The van der Waals surface area contributed by atoms with Gasteiger partial charge in [0.05, 0.1) is 17.1 Å². The van der Waals surface area contributed by atoms with E-state index in [1.165, 1.54) is 19.2 Å². The van der Waals surface area contributed by atoms with E-state index in [1.807, 2.05) is 0 Å². The SMILES string of the molecule is COc1cc(F)c(Br)cc1C(=O)Cc1ccc(Cl)cc1. The van der Waals surface area contributed by atoms with Gasteiger partial charge < -0.3 is 4.74 Å². The minimum atomic E-state index is -0.468. The first-order chi connectivity index (χ1) is 9.51. The molecule has 0 heterocycles. The van der Waals surface area contributed by atoms with Gasteiger partial charge in [0.25, 0.3) is 0 Å². The Balaban J connectivity index is 2.29. The number of carbonyl (C=O) groups excluding carboxylic acids is 1. The van der Waals surface area contributed by atoms with E-state index in [2.05, 4.69) is 15.9 Å². The summed E-state index contributed by atoms with van der Waals surface area (Å²) >= 11 is 8.87. The minimum absolute atomic E-state index is 0.148. The van der Waals surface area contributed by atoms with Crippen LogP contribution in [0.1, 0.15) is 15.9 Å². The van der Waals surface area contributed by atoms with E-state index in [9.17, 15) is 9.18 Å². The molecule has 0 aliphatic rings. The molecule has 5 heteroatoms. The fourth-order valence-corrected chi connectivity index (χ4v) is 2.27. The van der Waals surface area contributed by atoms with Gasteiger partial charge in [-0.15, -0.1) is 0 Å². The van der Waals surface area contributed by atoms with Crippen molar-refractivity contribution in [3.63, 3.8) is 0 Å². The van der Waals surface area contributed by atoms with Crippen LogP contribution < -0.4 is 4.74 Å². The predicted octanol–water partition coefficient (Wildman–Crippen LogP) is 4.68. The van der Waals surface area contributed by atoms with Crippen molar-refractivity contribution in [2.75, 3.05) is 7.11 Å². The van der Waals surface area contributed by atoms with Crippen molar-refractivity contribution >= 4 is 33.3 Å². The van der Waals surface area contributed by atoms with Crippen molar-refractivity contribution in [2.24, 2.45) is 0 Å². The normalized spacial score (nSPS) is 10.4. The maximum absolute atomic E-state index is 13.4. The molecule has 0 spiro atoms. The lowest BCUT2D eigenvalue weighted by atomic mass is 10.0. The molecule has 0 saturated carbocycles. The molecule has 0 saturated heterocycles. The van der Waals surface area contributed by atoms with Gasteiger partial charge >= 0.3 is 0 Å². The summed E-state index contributed by atoms with van der Waals surface area (Å²) in [7, 11) is 1.40. The Labute approximate surface area is 129 Å². The molecule has 0 radical (unpaired) electrons. The van der Waals surface area contributed by atoms with Crippen molar-refractivity contribution in [1.29, 1.82) is 0 Å². The van der Waals surface area contributed by atoms with E-state index in [1.54, 1.807) is 24.3 Å². The molecule has 20 heavy (non-hydrogen) atoms. The van der Waals surface area contributed by atoms with Gasteiger partial charge in [0.2, 0.25) is 0 Å². The summed E-state index contributed by atoms with van der Waals surface area (Å²) in [6.07, 6.45) is 0.200. The van der Waals surface area contributed by atoms with Crippen LogP contribution in [0.3, 0.4) is 0 Å². The zero-order chi connectivity index (χ0) is 14.7. The van der Waals surface area contributed by atoms with Gasteiger partial charge in [0.1, 0.15) is 11.6 Å². The molecular weight excluding hydrogens is 347 g/mol. The quantitative estimate of drug-likeness (QED) is 0.743. The Hall–Kier alpha value is -1.39. The summed E-state index contributed by atoms with van der Waals surface area (Å²) in [5.74, 6) is -0.389. The molecule has 0 amide bonds. The number of ether oxygens (including phenoxy) is 1. The third-order valence-electron chi connectivity index (χ3n) is 2.82. The maximum atomic E-state index is 13.4. The van der Waals surface area contributed by atoms with Crippen LogP contribution in [0.5, 0.6) is 5.75 Å². The summed E-state index contributed by atoms with van der Waals surface area (Å²) in [4.78, 5) is 12.3. The van der Waals surface area contributed by atoms with Gasteiger partial charge in [0, 0.05) is 17.5 Å². The van der Waals surface area contributed by atoms with E-state index in [-0.39, 0.29) is 22.4 Å². The number of carbonyl (C=O) groups is 1. The van der Waals surface area contributed by atoms with Crippen LogP contribution in [-0.2, 0) is 6.42 Å². The number of rotatable bonds is 4. The number of Topliss-reactive ketones (excluding diaryl/α,β-unsaturated/α-hetero) is 1. The van der Waals surface area contributed by atoms with E-state index in [0.717, 1.165) is 5.56 Å².